The summed E-state index contributed by atoms with van der Waals surface area (Å²) < 4.78 is 1.15. The van der Waals surface area contributed by atoms with Crippen LogP contribution in [0.25, 0.3) is 0 Å². The Kier molecular flexibility index (Phi) is 4.94. The van der Waals surface area contributed by atoms with Crippen molar-refractivity contribution in [2.45, 2.75) is 32.1 Å². The van der Waals surface area contributed by atoms with Crippen LogP contribution in [0.2, 0.25) is 0 Å². The number of aliphatic imine (C=N–C) groups is 1. The Morgan fingerprint density at radius 1 is 1.24 bits per heavy atom. The normalized spacial score (nSPS) is 25.5. The fourth-order valence-electron chi connectivity index (χ4n) is 4.65. The van der Waals surface area contributed by atoms with E-state index in [1.54, 1.807) is 0 Å². The summed E-state index contributed by atoms with van der Waals surface area (Å²) in [4.78, 5) is 9.54. The maximum Gasteiger partial charge on any atom is 0.193 e. The second kappa shape index (κ2) is 7.18. The minimum absolute atomic E-state index is 0.628. The molecular weight excluding hydrogens is 376 g/mol. The average Bonchev–Trinajstić information content (AvgIpc) is 3.23. The van der Waals surface area contributed by atoms with Crippen molar-refractivity contribution in [2.75, 3.05) is 44.7 Å². The topological polar surface area (TPSA) is 30.9 Å². The van der Waals surface area contributed by atoms with Gasteiger partial charge in [-0.25, -0.2) is 0 Å². The first-order valence-electron chi connectivity index (χ1n) is 9.64. The number of rotatable bonds is 3. The van der Waals surface area contributed by atoms with Crippen LogP contribution in [0.5, 0.6) is 0 Å². The van der Waals surface area contributed by atoms with Crippen LogP contribution in [0, 0.1) is 11.3 Å². The third kappa shape index (κ3) is 3.67. The van der Waals surface area contributed by atoms with Crippen molar-refractivity contribution in [3.05, 3.63) is 28.7 Å². The predicted molar refractivity (Wildman–Crippen MR) is 108 cm³/mol. The molecule has 4 nitrogen and oxygen atoms in total. The van der Waals surface area contributed by atoms with Crippen LogP contribution in [0.15, 0.2) is 33.7 Å². The fraction of sp³-hybridized carbons (Fsp3) is 0.650. The molecule has 5 heteroatoms. The first kappa shape index (κ1) is 17.2. The van der Waals surface area contributed by atoms with Gasteiger partial charge in [0.05, 0.1) is 0 Å². The van der Waals surface area contributed by atoms with Gasteiger partial charge in [0.15, 0.2) is 5.96 Å². The highest BCUT2D eigenvalue weighted by Crippen LogP contribution is 2.47. The van der Waals surface area contributed by atoms with Gasteiger partial charge in [0.25, 0.3) is 0 Å². The van der Waals surface area contributed by atoms with Crippen LogP contribution in [-0.4, -0.2) is 50.6 Å². The number of nitrogens with zero attached hydrogens (tertiary/aromatic N) is 3. The molecular formula is C20H29BrN4. The molecule has 2 heterocycles. The molecule has 2 saturated heterocycles. The molecule has 1 atom stereocenters. The Bertz CT molecular complexity index is 623. The van der Waals surface area contributed by atoms with Crippen molar-refractivity contribution >= 4 is 27.6 Å². The number of hydrogen-bond acceptors (Lipinski definition) is 2. The number of halogens is 1. The maximum atomic E-state index is 4.55. The average molecular weight is 405 g/mol. The van der Waals surface area contributed by atoms with Crippen LogP contribution in [-0.2, 0) is 0 Å². The molecule has 1 aliphatic carbocycles. The number of nitrogens with one attached hydrogen (secondary N) is 1. The zero-order valence-corrected chi connectivity index (χ0v) is 16.8. The van der Waals surface area contributed by atoms with E-state index >= 15 is 0 Å². The van der Waals surface area contributed by atoms with Gasteiger partial charge in [0.1, 0.15) is 0 Å². The molecule has 0 aromatic heterocycles. The highest BCUT2D eigenvalue weighted by atomic mass is 79.9. The number of anilines is 1. The first-order valence-corrected chi connectivity index (χ1v) is 10.4. The van der Waals surface area contributed by atoms with Gasteiger partial charge in [0, 0.05) is 49.9 Å². The number of guanidine groups is 1. The predicted octanol–water partition coefficient (Wildman–Crippen LogP) is 3.73. The SMILES string of the molecule is CN=C(NCC1CCN(c2ccc(Br)cc2)C1)N1CCC2(CCC2)C1. The standard InChI is InChI=1S/C20H29BrN4/c1-22-19(25-12-10-20(15-25)8-2-9-20)23-13-16-7-11-24(14-16)18-5-3-17(21)4-6-18/h3-6,16H,2,7-15H2,1H3,(H,22,23). The molecule has 3 fully saturated rings. The number of benzene rings is 1. The molecule has 1 saturated carbocycles. The van der Waals surface area contributed by atoms with Crippen LogP contribution in [0.4, 0.5) is 5.69 Å². The van der Waals surface area contributed by atoms with E-state index in [0.717, 1.165) is 30.1 Å². The summed E-state index contributed by atoms with van der Waals surface area (Å²) in [5.74, 6) is 1.81. The van der Waals surface area contributed by atoms with E-state index in [0.29, 0.717) is 11.3 Å². The largest absolute Gasteiger partial charge is 0.371 e. The molecule has 1 spiro atoms. The third-order valence-electron chi connectivity index (χ3n) is 6.39. The van der Waals surface area contributed by atoms with E-state index in [1.807, 2.05) is 7.05 Å². The molecule has 0 radical (unpaired) electrons. The molecule has 1 aromatic rings. The van der Waals surface area contributed by atoms with Gasteiger partial charge in [0.2, 0.25) is 0 Å². The van der Waals surface area contributed by atoms with Gasteiger partial charge in [-0.1, -0.05) is 22.4 Å². The van der Waals surface area contributed by atoms with Crippen LogP contribution >= 0.6 is 15.9 Å². The Morgan fingerprint density at radius 3 is 2.68 bits per heavy atom. The second-order valence-electron chi connectivity index (χ2n) is 8.03. The molecule has 2 aliphatic heterocycles. The van der Waals surface area contributed by atoms with Crippen LogP contribution < -0.4 is 10.2 Å². The summed E-state index contributed by atoms with van der Waals surface area (Å²) in [7, 11) is 1.93. The quantitative estimate of drug-likeness (QED) is 0.614. The highest BCUT2D eigenvalue weighted by Gasteiger charge is 2.43. The Labute approximate surface area is 159 Å². The highest BCUT2D eigenvalue weighted by molar-refractivity contribution is 9.10. The monoisotopic (exact) mass is 404 g/mol. The lowest BCUT2D eigenvalue weighted by Crippen LogP contribution is -2.44. The molecule has 1 aromatic carbocycles. The second-order valence-corrected chi connectivity index (χ2v) is 8.95. The summed E-state index contributed by atoms with van der Waals surface area (Å²) in [5.41, 5.74) is 1.96. The summed E-state index contributed by atoms with van der Waals surface area (Å²) in [6.45, 7) is 5.70. The summed E-state index contributed by atoms with van der Waals surface area (Å²) in [6, 6.07) is 8.68. The number of hydrogen-bond donors (Lipinski definition) is 1. The van der Waals surface area contributed by atoms with E-state index in [-0.39, 0.29) is 0 Å². The zero-order valence-electron chi connectivity index (χ0n) is 15.2. The molecule has 4 rings (SSSR count). The van der Waals surface area contributed by atoms with Gasteiger partial charge < -0.3 is 15.1 Å². The first-order chi connectivity index (χ1) is 12.2. The molecule has 136 valence electrons. The van der Waals surface area contributed by atoms with Gasteiger partial charge >= 0.3 is 0 Å². The molecule has 1 unspecified atom stereocenters. The van der Waals surface area contributed by atoms with Crippen molar-refractivity contribution in [1.82, 2.24) is 10.2 Å². The van der Waals surface area contributed by atoms with E-state index in [1.165, 1.54) is 50.9 Å². The van der Waals surface area contributed by atoms with Crippen molar-refractivity contribution in [2.24, 2.45) is 16.3 Å². The van der Waals surface area contributed by atoms with E-state index in [4.69, 9.17) is 0 Å². The maximum absolute atomic E-state index is 4.55. The molecule has 1 N–H and O–H groups in total. The van der Waals surface area contributed by atoms with Crippen molar-refractivity contribution in [3.8, 4) is 0 Å². The molecule has 25 heavy (non-hydrogen) atoms. The van der Waals surface area contributed by atoms with Crippen molar-refractivity contribution in [3.63, 3.8) is 0 Å². The smallest absolute Gasteiger partial charge is 0.193 e. The van der Waals surface area contributed by atoms with Crippen molar-refractivity contribution in [1.29, 1.82) is 0 Å². The van der Waals surface area contributed by atoms with E-state index in [2.05, 4.69) is 60.3 Å². The molecule has 0 bridgehead atoms. The van der Waals surface area contributed by atoms with Gasteiger partial charge in [-0.05, 0) is 61.3 Å². The zero-order chi connectivity index (χ0) is 17.3. The van der Waals surface area contributed by atoms with Gasteiger partial charge in [-0.3, -0.25) is 4.99 Å². The Balaban J connectivity index is 1.27. The number of likely N-dealkylation sites (tertiary alicyclic amines) is 1. The lowest BCUT2D eigenvalue weighted by atomic mass is 9.68. The van der Waals surface area contributed by atoms with Crippen LogP contribution in [0.3, 0.4) is 0 Å². The van der Waals surface area contributed by atoms with E-state index < -0.39 is 0 Å². The van der Waals surface area contributed by atoms with Gasteiger partial charge in [-0.15, -0.1) is 0 Å². The summed E-state index contributed by atoms with van der Waals surface area (Å²) in [5, 5.41) is 3.66. The Morgan fingerprint density at radius 2 is 2.04 bits per heavy atom. The van der Waals surface area contributed by atoms with Crippen LogP contribution in [0.1, 0.15) is 32.1 Å². The summed E-state index contributed by atoms with van der Waals surface area (Å²) in [6.07, 6.45) is 6.88. The summed E-state index contributed by atoms with van der Waals surface area (Å²) >= 11 is 3.52. The lowest BCUT2D eigenvalue weighted by molar-refractivity contribution is 0.151. The lowest BCUT2D eigenvalue weighted by Gasteiger charge is -2.38. The molecule has 0 amide bonds. The third-order valence-corrected chi connectivity index (χ3v) is 6.92. The minimum atomic E-state index is 0.628. The molecule has 3 aliphatic rings. The minimum Gasteiger partial charge on any atom is -0.371 e. The van der Waals surface area contributed by atoms with E-state index in [9.17, 15) is 0 Å². The Hall–Kier alpha value is -1.23. The fourth-order valence-corrected chi connectivity index (χ4v) is 4.92. The van der Waals surface area contributed by atoms with Gasteiger partial charge in [-0.2, -0.15) is 0 Å². The van der Waals surface area contributed by atoms with Crippen molar-refractivity contribution < 1.29 is 0 Å².